The van der Waals surface area contributed by atoms with E-state index in [2.05, 4.69) is 10.6 Å². The lowest BCUT2D eigenvalue weighted by Crippen LogP contribution is -2.41. The first-order chi connectivity index (χ1) is 9.29. The predicted molar refractivity (Wildman–Crippen MR) is 77.8 cm³/mol. The molecular weight excluding hydrogens is 300 g/mol. The quantitative estimate of drug-likeness (QED) is 0.767. The molecule has 2 rings (SSSR count). The maximum atomic E-state index is 12.1. The van der Waals surface area contributed by atoms with Crippen LogP contribution in [0.5, 0.6) is 5.75 Å². The van der Waals surface area contributed by atoms with Gasteiger partial charge in [0.05, 0.1) is 0 Å². The van der Waals surface area contributed by atoms with Gasteiger partial charge in [0.2, 0.25) is 0 Å². The van der Waals surface area contributed by atoms with Gasteiger partial charge in [-0.2, -0.15) is 0 Å². The van der Waals surface area contributed by atoms with Crippen LogP contribution in [-0.2, 0) is 9.84 Å². The number of carbonyl (C=O) groups excluding carboxylic acids is 1. The molecule has 8 heteroatoms. The van der Waals surface area contributed by atoms with E-state index in [0.29, 0.717) is 11.1 Å². The molecule has 1 heterocycles. The van der Waals surface area contributed by atoms with E-state index in [1.807, 2.05) is 0 Å². The van der Waals surface area contributed by atoms with Gasteiger partial charge < -0.3 is 15.7 Å². The molecule has 1 aliphatic heterocycles. The predicted octanol–water partition coefficient (Wildman–Crippen LogP) is 0.894. The molecule has 3 N–H and O–H groups in total. The van der Waals surface area contributed by atoms with E-state index >= 15 is 0 Å². The summed E-state index contributed by atoms with van der Waals surface area (Å²) in [5.74, 6) is -0.341. The van der Waals surface area contributed by atoms with Crippen LogP contribution in [0.4, 0.5) is 0 Å². The SMILES string of the molecule is Cc1c(O)cccc1C(=O)NC1NC(S(C)(=O)=O)=CS1. The molecule has 1 aromatic carbocycles. The van der Waals surface area contributed by atoms with Crippen molar-refractivity contribution in [3.63, 3.8) is 0 Å². The van der Waals surface area contributed by atoms with E-state index in [1.165, 1.54) is 11.5 Å². The summed E-state index contributed by atoms with van der Waals surface area (Å²) >= 11 is 1.16. The van der Waals surface area contributed by atoms with Crippen LogP contribution in [0.25, 0.3) is 0 Å². The normalized spacial score (nSPS) is 18.3. The number of nitrogens with one attached hydrogen (secondary N) is 2. The molecule has 108 valence electrons. The largest absolute Gasteiger partial charge is 0.508 e. The second-order valence-electron chi connectivity index (χ2n) is 4.34. The Labute approximate surface area is 121 Å². The van der Waals surface area contributed by atoms with Crippen molar-refractivity contribution in [1.82, 2.24) is 10.6 Å². The summed E-state index contributed by atoms with van der Waals surface area (Å²) in [6.45, 7) is 1.64. The fraction of sp³-hybridized carbons (Fsp3) is 0.250. The first kappa shape index (κ1) is 14.7. The minimum atomic E-state index is -3.31. The Morgan fingerprint density at radius 2 is 2.15 bits per heavy atom. The number of rotatable bonds is 3. The average molecular weight is 314 g/mol. The highest BCUT2D eigenvalue weighted by Gasteiger charge is 2.25. The van der Waals surface area contributed by atoms with E-state index < -0.39 is 15.3 Å². The van der Waals surface area contributed by atoms with Gasteiger partial charge in [-0.05, 0) is 19.1 Å². The maximum absolute atomic E-state index is 12.1. The highest BCUT2D eigenvalue weighted by molar-refractivity contribution is 8.04. The lowest BCUT2D eigenvalue weighted by molar-refractivity contribution is 0.0946. The van der Waals surface area contributed by atoms with Crippen LogP contribution in [-0.4, -0.2) is 31.2 Å². The van der Waals surface area contributed by atoms with Crippen LogP contribution in [0.2, 0.25) is 0 Å². The van der Waals surface area contributed by atoms with Crippen molar-refractivity contribution in [2.75, 3.05) is 6.26 Å². The number of sulfone groups is 1. The molecule has 0 spiro atoms. The third-order valence-corrected chi connectivity index (χ3v) is 4.86. The molecule has 1 aliphatic rings. The van der Waals surface area contributed by atoms with Crippen LogP contribution in [0.1, 0.15) is 15.9 Å². The fourth-order valence-electron chi connectivity index (χ4n) is 1.66. The Hall–Kier alpha value is -1.67. The summed E-state index contributed by atoms with van der Waals surface area (Å²) in [5.41, 5.74) is 0.276. The number of hydrogen-bond donors (Lipinski definition) is 3. The zero-order valence-electron chi connectivity index (χ0n) is 10.9. The van der Waals surface area contributed by atoms with Crippen LogP contribution >= 0.6 is 11.8 Å². The molecular formula is C12H14N2O4S2. The number of carbonyl (C=O) groups is 1. The molecule has 20 heavy (non-hydrogen) atoms. The second kappa shape index (κ2) is 5.37. The lowest BCUT2D eigenvalue weighted by Gasteiger charge is -2.15. The van der Waals surface area contributed by atoms with Gasteiger partial charge in [0.15, 0.2) is 15.3 Å². The third kappa shape index (κ3) is 3.07. The first-order valence-corrected chi connectivity index (χ1v) is 8.54. The number of phenols is 1. The Morgan fingerprint density at radius 1 is 1.45 bits per heavy atom. The molecule has 0 saturated carbocycles. The molecule has 0 saturated heterocycles. The molecule has 6 nitrogen and oxygen atoms in total. The van der Waals surface area contributed by atoms with Crippen molar-refractivity contribution in [2.45, 2.75) is 12.4 Å². The minimum Gasteiger partial charge on any atom is -0.508 e. The van der Waals surface area contributed by atoms with Gasteiger partial charge in [-0.3, -0.25) is 4.79 Å². The van der Waals surface area contributed by atoms with Gasteiger partial charge in [-0.1, -0.05) is 17.8 Å². The molecule has 0 fully saturated rings. The minimum absolute atomic E-state index is 0.0413. The van der Waals surface area contributed by atoms with Crippen molar-refractivity contribution in [3.05, 3.63) is 39.8 Å². The lowest BCUT2D eigenvalue weighted by atomic mass is 10.1. The van der Waals surface area contributed by atoms with E-state index in [-0.39, 0.29) is 16.7 Å². The second-order valence-corrected chi connectivity index (χ2v) is 7.30. The standard InChI is InChI=1S/C12H14N2O4S2/c1-7-8(4-3-5-9(7)15)11(16)14-12-13-10(6-19-12)20(2,17)18/h3-6,12-13,15H,1-2H3,(H,14,16). The molecule has 1 aromatic rings. The van der Waals surface area contributed by atoms with Gasteiger partial charge in [0.25, 0.3) is 5.91 Å². The first-order valence-electron chi connectivity index (χ1n) is 5.70. The topological polar surface area (TPSA) is 95.5 Å². The molecule has 0 aromatic heterocycles. The summed E-state index contributed by atoms with van der Waals surface area (Å²) in [4.78, 5) is 12.1. The summed E-state index contributed by atoms with van der Waals surface area (Å²) in [6.07, 6.45) is 1.09. The number of hydrogen-bond acceptors (Lipinski definition) is 6. The van der Waals surface area contributed by atoms with Crippen molar-refractivity contribution in [2.24, 2.45) is 0 Å². The molecule has 1 atom stereocenters. The van der Waals surface area contributed by atoms with Crippen LogP contribution in [0.15, 0.2) is 28.6 Å². The number of amides is 1. The van der Waals surface area contributed by atoms with Crippen molar-refractivity contribution in [3.8, 4) is 5.75 Å². The summed E-state index contributed by atoms with van der Waals surface area (Å²) in [7, 11) is -3.31. The van der Waals surface area contributed by atoms with E-state index in [0.717, 1.165) is 18.0 Å². The number of aromatic hydroxyl groups is 1. The molecule has 1 unspecified atom stereocenters. The molecule has 1 amide bonds. The van der Waals surface area contributed by atoms with Crippen molar-refractivity contribution >= 4 is 27.5 Å². The van der Waals surface area contributed by atoms with Gasteiger partial charge in [0, 0.05) is 22.8 Å². The average Bonchev–Trinajstić information content (AvgIpc) is 2.81. The zero-order chi connectivity index (χ0) is 14.9. The maximum Gasteiger partial charge on any atom is 0.253 e. The smallest absolute Gasteiger partial charge is 0.253 e. The summed E-state index contributed by atoms with van der Waals surface area (Å²) < 4.78 is 22.7. The van der Waals surface area contributed by atoms with Crippen LogP contribution in [0.3, 0.4) is 0 Å². The van der Waals surface area contributed by atoms with Gasteiger partial charge >= 0.3 is 0 Å². The van der Waals surface area contributed by atoms with Gasteiger partial charge in [0.1, 0.15) is 10.8 Å². The Kier molecular flexibility index (Phi) is 3.96. The van der Waals surface area contributed by atoms with Crippen LogP contribution < -0.4 is 10.6 Å². The summed E-state index contributed by atoms with van der Waals surface area (Å²) in [5, 5.41) is 16.5. The number of phenolic OH excluding ortho intramolecular Hbond substituents is 1. The molecule has 0 aliphatic carbocycles. The number of benzene rings is 1. The Bertz CT molecular complexity index is 683. The van der Waals surface area contributed by atoms with Crippen LogP contribution in [0, 0.1) is 6.92 Å². The van der Waals surface area contributed by atoms with E-state index in [1.54, 1.807) is 19.1 Å². The zero-order valence-corrected chi connectivity index (χ0v) is 12.5. The van der Waals surface area contributed by atoms with Crippen molar-refractivity contribution < 1.29 is 18.3 Å². The van der Waals surface area contributed by atoms with Crippen molar-refractivity contribution in [1.29, 1.82) is 0 Å². The highest BCUT2D eigenvalue weighted by Crippen LogP contribution is 2.23. The Balaban J connectivity index is 2.06. The molecule has 0 radical (unpaired) electrons. The van der Waals surface area contributed by atoms with E-state index in [4.69, 9.17) is 0 Å². The van der Waals surface area contributed by atoms with Gasteiger partial charge in [-0.25, -0.2) is 8.42 Å². The monoisotopic (exact) mass is 314 g/mol. The Morgan fingerprint density at radius 3 is 2.75 bits per heavy atom. The number of thioether (sulfide) groups is 1. The fourth-order valence-corrected chi connectivity index (χ4v) is 3.63. The highest BCUT2D eigenvalue weighted by atomic mass is 32.2. The van der Waals surface area contributed by atoms with Gasteiger partial charge in [-0.15, -0.1) is 0 Å². The summed E-state index contributed by atoms with van der Waals surface area (Å²) in [6, 6.07) is 4.67. The molecule has 0 bridgehead atoms. The van der Waals surface area contributed by atoms with E-state index in [9.17, 15) is 18.3 Å². The third-order valence-electron chi connectivity index (χ3n) is 2.80.